The van der Waals surface area contributed by atoms with Gasteiger partial charge in [0.2, 0.25) is 0 Å². The molecule has 0 atom stereocenters. The maximum absolute atomic E-state index is 12.2. The summed E-state index contributed by atoms with van der Waals surface area (Å²) in [5.41, 5.74) is 3.76. The Hall–Kier alpha value is -4.28. The zero-order chi connectivity index (χ0) is 49.2. The molecule has 0 saturated carbocycles. The summed E-state index contributed by atoms with van der Waals surface area (Å²) in [6.07, 6.45) is 11.5. The van der Waals surface area contributed by atoms with Gasteiger partial charge in [0, 0.05) is 82.1 Å². The summed E-state index contributed by atoms with van der Waals surface area (Å²) in [4.78, 5) is 34.1. The smallest absolute Gasteiger partial charge is 0.164 e. The van der Waals surface area contributed by atoms with Crippen LogP contribution in [-0.2, 0) is 51.7 Å². The second-order valence-electron chi connectivity index (χ2n) is 19.0. The molecule has 69 heavy (non-hydrogen) atoms. The number of para-hydroxylation sites is 1. The van der Waals surface area contributed by atoms with Gasteiger partial charge in [0.15, 0.2) is 11.6 Å². The molecule has 7 aromatic rings. The van der Waals surface area contributed by atoms with Crippen LogP contribution in [0.2, 0.25) is 0 Å². The fourth-order valence-electron chi connectivity index (χ4n) is 7.88. The van der Waals surface area contributed by atoms with Crippen LogP contribution < -0.4 is 0 Å². The van der Waals surface area contributed by atoms with Crippen molar-refractivity contribution in [2.24, 2.45) is 21.7 Å². The van der Waals surface area contributed by atoms with Crippen molar-refractivity contribution in [2.75, 3.05) is 0 Å². The van der Waals surface area contributed by atoms with Gasteiger partial charge in [0.25, 0.3) is 0 Å². The van der Waals surface area contributed by atoms with Gasteiger partial charge in [-0.2, -0.15) is 0 Å². The maximum atomic E-state index is 12.2. The number of allylic oxidation sites excluding steroid dienone is 4. The van der Waals surface area contributed by atoms with E-state index in [1.165, 1.54) is 37.7 Å². The van der Waals surface area contributed by atoms with Crippen molar-refractivity contribution >= 4 is 64.8 Å². The summed E-state index contributed by atoms with van der Waals surface area (Å²) in [5, 5.41) is 26.2. The molecular formula is C60H72N2O4Pt2S-2. The van der Waals surface area contributed by atoms with E-state index in [2.05, 4.69) is 72.8 Å². The first-order valence-corrected chi connectivity index (χ1v) is 25.2. The molecule has 6 nitrogen and oxygen atoms in total. The van der Waals surface area contributed by atoms with Crippen LogP contribution in [0.3, 0.4) is 0 Å². The Labute approximate surface area is 445 Å². The van der Waals surface area contributed by atoms with Gasteiger partial charge in [0.05, 0.1) is 5.52 Å². The molecule has 0 aliphatic heterocycles. The van der Waals surface area contributed by atoms with Crippen molar-refractivity contribution in [3.63, 3.8) is 0 Å². The van der Waals surface area contributed by atoms with Crippen LogP contribution in [0, 0.1) is 33.8 Å². The average Bonchev–Trinajstić information content (AvgIpc) is 3.77. The second-order valence-corrected chi connectivity index (χ2v) is 20.0. The van der Waals surface area contributed by atoms with Crippen LogP contribution in [0.25, 0.3) is 64.4 Å². The molecule has 7 rings (SSSR count). The van der Waals surface area contributed by atoms with Crippen molar-refractivity contribution in [2.45, 2.75) is 134 Å². The van der Waals surface area contributed by atoms with Crippen molar-refractivity contribution in [1.82, 2.24) is 9.97 Å². The Balaban J connectivity index is 0.000000302. The summed E-state index contributed by atoms with van der Waals surface area (Å²) in [6, 6.07) is 38.2. The summed E-state index contributed by atoms with van der Waals surface area (Å²) >= 11 is 1.77. The van der Waals surface area contributed by atoms with E-state index in [4.69, 9.17) is 9.97 Å². The Morgan fingerprint density at radius 3 is 1.39 bits per heavy atom. The minimum Gasteiger partial charge on any atom is -0.512 e. The molecule has 0 aliphatic carbocycles. The van der Waals surface area contributed by atoms with E-state index in [-0.39, 0.29) is 86.9 Å². The number of fused-ring (bicyclic) bond motifs is 5. The van der Waals surface area contributed by atoms with Crippen LogP contribution in [0.15, 0.2) is 121 Å². The number of aromatic nitrogens is 2. The summed E-state index contributed by atoms with van der Waals surface area (Å²) < 4.78 is 2.38. The van der Waals surface area contributed by atoms with E-state index in [1.807, 2.05) is 120 Å². The van der Waals surface area contributed by atoms with Crippen molar-refractivity contribution in [3.05, 3.63) is 133 Å². The molecule has 0 radical (unpaired) electrons. The molecule has 0 saturated heterocycles. The van der Waals surface area contributed by atoms with Crippen molar-refractivity contribution < 1.29 is 61.9 Å². The predicted molar refractivity (Wildman–Crippen MR) is 285 cm³/mol. The third-order valence-electron chi connectivity index (χ3n) is 15.3. The summed E-state index contributed by atoms with van der Waals surface area (Å²) in [6.45, 7) is 24.2. The van der Waals surface area contributed by atoms with E-state index in [0.29, 0.717) is 0 Å². The molecule has 3 aromatic heterocycles. The molecule has 0 amide bonds. The molecule has 0 fully saturated rings. The molecular weight excluding hydrogens is 1230 g/mol. The minimum atomic E-state index is -0.337. The Kier molecular flexibility index (Phi) is 22.0. The maximum Gasteiger partial charge on any atom is 0.164 e. The molecule has 374 valence electrons. The van der Waals surface area contributed by atoms with Crippen LogP contribution in [0.4, 0.5) is 0 Å². The molecule has 0 bridgehead atoms. The van der Waals surface area contributed by atoms with Crippen molar-refractivity contribution in [1.29, 1.82) is 0 Å². The molecule has 0 spiro atoms. The number of hydrogen-bond acceptors (Lipinski definition) is 7. The normalized spacial score (nSPS) is 12.4. The van der Waals surface area contributed by atoms with E-state index in [1.54, 1.807) is 11.3 Å². The summed E-state index contributed by atoms with van der Waals surface area (Å²) in [7, 11) is 0. The molecule has 3 heterocycles. The van der Waals surface area contributed by atoms with Gasteiger partial charge in [-0.1, -0.05) is 153 Å². The van der Waals surface area contributed by atoms with E-state index in [9.17, 15) is 19.8 Å². The SMILES string of the molecule is CCC(C)(CC)C(=O)/C=C(\O)C(C)(CC)CC.CCC(C)(CC)C(=O)/C=C(\O)C(C)(CC)CC.[Pt].[Pt].[c-]1ccc2c(sc3c(-c4ccc5ccccc5n4)[c-]ccc32)c1-c1cc2ccccc2cn1. The first kappa shape index (κ1) is 59.0. The monoisotopic (exact) mass is 1310 g/mol. The number of benzene rings is 4. The van der Waals surface area contributed by atoms with Gasteiger partial charge in [-0.05, 0) is 85.0 Å². The number of aliphatic hydroxyl groups excluding tert-OH is 2. The predicted octanol–water partition coefficient (Wildman–Crippen LogP) is 17.4. The largest absolute Gasteiger partial charge is 0.512 e. The minimum absolute atomic E-state index is 0. The number of rotatable bonds is 16. The number of thiophene rings is 1. The topological polar surface area (TPSA) is 100 Å². The first-order chi connectivity index (χ1) is 31.9. The van der Waals surface area contributed by atoms with Gasteiger partial charge in [-0.25, -0.2) is 11.3 Å². The van der Waals surface area contributed by atoms with E-state index in [0.717, 1.165) is 90.2 Å². The number of aliphatic hydroxyl groups is 2. The average molecular weight is 1310 g/mol. The molecule has 0 aliphatic rings. The van der Waals surface area contributed by atoms with Gasteiger partial charge in [-0.3, -0.25) is 14.6 Å². The number of hydrogen-bond donors (Lipinski definition) is 2. The Morgan fingerprint density at radius 1 is 0.536 bits per heavy atom. The van der Waals surface area contributed by atoms with E-state index >= 15 is 0 Å². The third-order valence-corrected chi connectivity index (χ3v) is 16.6. The van der Waals surface area contributed by atoms with Crippen LogP contribution in [-0.4, -0.2) is 31.7 Å². The Morgan fingerprint density at radius 2 is 0.942 bits per heavy atom. The fourth-order valence-corrected chi connectivity index (χ4v) is 9.19. The summed E-state index contributed by atoms with van der Waals surface area (Å²) in [5.74, 6) is 0.572. The molecule has 4 aromatic carbocycles. The van der Waals surface area contributed by atoms with Gasteiger partial charge in [0.1, 0.15) is 11.5 Å². The van der Waals surface area contributed by atoms with E-state index < -0.39 is 0 Å². The van der Waals surface area contributed by atoms with Crippen LogP contribution in [0.1, 0.15) is 134 Å². The second kappa shape index (κ2) is 25.7. The number of ketones is 2. The van der Waals surface area contributed by atoms with Gasteiger partial charge < -0.3 is 15.2 Å². The van der Waals surface area contributed by atoms with Gasteiger partial charge in [-0.15, -0.1) is 58.3 Å². The fraction of sp³-hybridized carbons (Fsp3) is 0.400. The molecule has 2 N–H and O–H groups in total. The Bertz CT molecular complexity index is 2690. The van der Waals surface area contributed by atoms with Crippen molar-refractivity contribution in [3.8, 4) is 22.5 Å². The van der Waals surface area contributed by atoms with Gasteiger partial charge >= 0.3 is 0 Å². The standard InChI is InChI=1S/C30H16N2S.2C15H28O2.2Pt/c1-2-9-21-18-31-28(17-20(21)8-1)25-13-6-11-23-22-10-5-12-24(29(22)33-30(23)25)27-16-15-19-7-3-4-14-26(19)32-27;2*1-7-14(5,8-2)12(16)11-13(17)15(6,9-3)10-4;;/h1-11,14-18H;2*11,16H,7-10H2,1-6H3;;/q-2;;;;/b;2*12-11-;;. The third kappa shape index (κ3) is 13.2. The van der Waals surface area contributed by atoms with Crippen LogP contribution in [0.5, 0.6) is 0 Å². The van der Waals surface area contributed by atoms with Crippen LogP contribution >= 0.6 is 11.3 Å². The first-order valence-electron chi connectivity index (χ1n) is 24.3. The number of carbonyl (C=O) groups is 2. The zero-order valence-electron chi connectivity index (χ0n) is 42.7. The number of nitrogens with zero attached hydrogens (tertiary/aromatic N) is 2. The number of pyridine rings is 2. The molecule has 0 unspecified atom stereocenters. The number of carbonyl (C=O) groups excluding carboxylic acids is 2. The molecule has 9 heteroatoms. The quantitative estimate of drug-likeness (QED) is 0.0568. The zero-order valence-corrected chi connectivity index (χ0v) is 48.1.